The minimum Gasteiger partial charge on any atom is -0.492 e. The molecule has 0 aliphatic carbocycles. The van der Waals surface area contributed by atoms with Gasteiger partial charge in [0.1, 0.15) is 12.4 Å². The van der Waals surface area contributed by atoms with Gasteiger partial charge in [0.15, 0.2) is 0 Å². The van der Waals surface area contributed by atoms with Crippen LogP contribution in [-0.2, 0) is 6.42 Å². The first-order chi connectivity index (χ1) is 10.1. The Hall–Kier alpha value is -1.80. The smallest absolute Gasteiger partial charge is 0.125 e. The minimum atomic E-state index is 0.721. The van der Waals surface area contributed by atoms with Crippen molar-refractivity contribution >= 4 is 0 Å². The molecule has 0 saturated heterocycles. The van der Waals surface area contributed by atoms with Crippen molar-refractivity contribution in [3.05, 3.63) is 64.7 Å². The second-order valence-electron chi connectivity index (χ2n) is 5.82. The molecule has 0 aliphatic heterocycles. The molecule has 2 heteroatoms. The quantitative estimate of drug-likeness (QED) is 0.799. The van der Waals surface area contributed by atoms with Crippen molar-refractivity contribution in [2.24, 2.45) is 0 Å². The fourth-order valence-corrected chi connectivity index (χ4v) is 2.40. The van der Waals surface area contributed by atoms with Crippen molar-refractivity contribution in [1.29, 1.82) is 0 Å². The number of hydrogen-bond acceptors (Lipinski definition) is 2. The van der Waals surface area contributed by atoms with E-state index in [9.17, 15) is 0 Å². The number of nitrogens with zero attached hydrogens (tertiary/aromatic N) is 1. The highest BCUT2D eigenvalue weighted by Crippen LogP contribution is 2.26. The van der Waals surface area contributed by atoms with Crippen LogP contribution in [0.5, 0.6) is 5.75 Å². The molecule has 0 aliphatic rings. The van der Waals surface area contributed by atoms with Gasteiger partial charge in [-0.3, -0.25) is 0 Å². The van der Waals surface area contributed by atoms with Gasteiger partial charge >= 0.3 is 0 Å². The van der Waals surface area contributed by atoms with Crippen molar-refractivity contribution in [2.45, 2.75) is 20.3 Å². The van der Waals surface area contributed by atoms with E-state index in [0.717, 1.165) is 25.3 Å². The molecule has 0 heterocycles. The van der Waals surface area contributed by atoms with Gasteiger partial charge in [-0.25, -0.2) is 0 Å². The molecule has 0 bridgehead atoms. The molecule has 0 spiro atoms. The highest BCUT2D eigenvalue weighted by atomic mass is 16.5. The van der Waals surface area contributed by atoms with Crippen molar-refractivity contribution in [1.82, 2.24) is 4.90 Å². The fraction of sp³-hybridized carbons (Fsp3) is 0.368. The van der Waals surface area contributed by atoms with Crippen LogP contribution >= 0.6 is 0 Å². The Morgan fingerprint density at radius 3 is 2.24 bits per heavy atom. The molecule has 0 amide bonds. The molecule has 2 rings (SSSR count). The average Bonchev–Trinajstić information content (AvgIpc) is 2.44. The Morgan fingerprint density at radius 1 is 0.857 bits per heavy atom. The maximum Gasteiger partial charge on any atom is 0.125 e. The van der Waals surface area contributed by atoms with Crippen LogP contribution < -0.4 is 4.74 Å². The Labute approximate surface area is 128 Å². The second kappa shape index (κ2) is 7.28. The number of para-hydroxylation sites is 1. The van der Waals surface area contributed by atoms with Gasteiger partial charge in [-0.1, -0.05) is 42.5 Å². The van der Waals surface area contributed by atoms with Crippen LogP contribution in [0.1, 0.15) is 22.3 Å². The Morgan fingerprint density at radius 2 is 1.52 bits per heavy atom. The standard InChI is InChI=1S/C19H25NO/c1-15-8-5-6-10-17(15)14-18-11-7-9-16(2)19(18)21-13-12-20(3)4/h5-11H,12-14H2,1-4H3. The molecular formula is C19H25NO. The molecule has 2 nitrogen and oxygen atoms in total. The fourth-order valence-electron chi connectivity index (χ4n) is 2.40. The van der Waals surface area contributed by atoms with E-state index in [1.54, 1.807) is 0 Å². The minimum absolute atomic E-state index is 0.721. The van der Waals surface area contributed by atoms with E-state index in [0.29, 0.717) is 0 Å². The van der Waals surface area contributed by atoms with Gasteiger partial charge in [0.05, 0.1) is 0 Å². The van der Waals surface area contributed by atoms with E-state index >= 15 is 0 Å². The van der Waals surface area contributed by atoms with Gasteiger partial charge in [-0.2, -0.15) is 0 Å². The van der Waals surface area contributed by atoms with Crippen LogP contribution in [0.2, 0.25) is 0 Å². The van der Waals surface area contributed by atoms with Crippen LogP contribution in [0.25, 0.3) is 0 Å². The molecule has 0 radical (unpaired) electrons. The van der Waals surface area contributed by atoms with Crippen molar-refractivity contribution in [2.75, 3.05) is 27.2 Å². The summed E-state index contributed by atoms with van der Waals surface area (Å²) in [5.74, 6) is 1.04. The van der Waals surface area contributed by atoms with Crippen molar-refractivity contribution in [3.8, 4) is 5.75 Å². The molecule has 21 heavy (non-hydrogen) atoms. The molecule has 0 N–H and O–H groups in total. The summed E-state index contributed by atoms with van der Waals surface area (Å²) in [6, 6.07) is 15.0. The molecule has 0 unspecified atom stereocenters. The lowest BCUT2D eigenvalue weighted by Gasteiger charge is -2.17. The predicted molar refractivity (Wildman–Crippen MR) is 89.2 cm³/mol. The van der Waals surface area contributed by atoms with Crippen LogP contribution in [0.4, 0.5) is 0 Å². The summed E-state index contributed by atoms with van der Waals surface area (Å²) in [5.41, 5.74) is 5.17. The molecule has 112 valence electrons. The summed E-state index contributed by atoms with van der Waals surface area (Å²) < 4.78 is 6.05. The normalized spacial score (nSPS) is 10.9. The van der Waals surface area contributed by atoms with E-state index in [1.165, 1.54) is 22.3 Å². The highest BCUT2D eigenvalue weighted by Gasteiger charge is 2.09. The number of ether oxygens (including phenoxy) is 1. The summed E-state index contributed by atoms with van der Waals surface area (Å²) in [5, 5.41) is 0. The summed E-state index contributed by atoms with van der Waals surface area (Å²) in [7, 11) is 4.13. The second-order valence-corrected chi connectivity index (χ2v) is 5.82. The summed E-state index contributed by atoms with van der Waals surface area (Å²) in [6.45, 7) is 5.93. The largest absolute Gasteiger partial charge is 0.492 e. The van der Waals surface area contributed by atoms with Gasteiger partial charge in [-0.15, -0.1) is 0 Å². The third-order valence-corrected chi connectivity index (χ3v) is 3.72. The van der Waals surface area contributed by atoms with Crippen molar-refractivity contribution < 1.29 is 4.74 Å². The summed E-state index contributed by atoms with van der Waals surface area (Å²) >= 11 is 0. The lowest BCUT2D eigenvalue weighted by Crippen LogP contribution is -2.20. The average molecular weight is 283 g/mol. The van der Waals surface area contributed by atoms with E-state index in [4.69, 9.17) is 4.74 Å². The first kappa shape index (κ1) is 15.6. The molecule has 2 aromatic rings. The third kappa shape index (κ3) is 4.33. The molecular weight excluding hydrogens is 258 g/mol. The van der Waals surface area contributed by atoms with Crippen LogP contribution in [0.3, 0.4) is 0 Å². The van der Waals surface area contributed by atoms with E-state index in [1.807, 2.05) is 0 Å². The molecule has 0 saturated carbocycles. The highest BCUT2D eigenvalue weighted by molar-refractivity contribution is 5.44. The van der Waals surface area contributed by atoms with Crippen LogP contribution in [0.15, 0.2) is 42.5 Å². The molecule has 0 atom stereocenters. The number of hydrogen-bond donors (Lipinski definition) is 0. The topological polar surface area (TPSA) is 12.5 Å². The Kier molecular flexibility index (Phi) is 5.40. The number of likely N-dealkylation sites (N-methyl/N-ethyl adjacent to an activating group) is 1. The SMILES string of the molecule is Cc1ccccc1Cc1cccc(C)c1OCCN(C)C. The van der Waals surface area contributed by atoms with Gasteiger partial charge in [-0.05, 0) is 50.2 Å². The number of rotatable bonds is 6. The number of aryl methyl sites for hydroxylation is 2. The monoisotopic (exact) mass is 283 g/mol. The lowest BCUT2D eigenvalue weighted by molar-refractivity contribution is 0.258. The van der Waals surface area contributed by atoms with Crippen LogP contribution in [0, 0.1) is 13.8 Å². The van der Waals surface area contributed by atoms with Gasteiger partial charge in [0, 0.05) is 13.0 Å². The molecule has 2 aromatic carbocycles. The zero-order chi connectivity index (χ0) is 15.2. The van der Waals surface area contributed by atoms with Crippen LogP contribution in [-0.4, -0.2) is 32.1 Å². The summed E-state index contributed by atoms with van der Waals surface area (Å²) in [4.78, 5) is 2.14. The first-order valence-corrected chi connectivity index (χ1v) is 7.48. The van der Waals surface area contributed by atoms with E-state index in [-0.39, 0.29) is 0 Å². The van der Waals surface area contributed by atoms with E-state index < -0.39 is 0 Å². The molecule has 0 fully saturated rings. The Balaban J connectivity index is 2.19. The zero-order valence-corrected chi connectivity index (χ0v) is 13.5. The van der Waals surface area contributed by atoms with Crippen molar-refractivity contribution in [3.63, 3.8) is 0 Å². The third-order valence-electron chi connectivity index (χ3n) is 3.72. The first-order valence-electron chi connectivity index (χ1n) is 7.48. The zero-order valence-electron chi connectivity index (χ0n) is 13.5. The van der Waals surface area contributed by atoms with Gasteiger partial charge in [0.25, 0.3) is 0 Å². The molecule has 0 aromatic heterocycles. The Bertz CT molecular complexity index is 590. The maximum atomic E-state index is 6.05. The van der Waals surface area contributed by atoms with E-state index in [2.05, 4.69) is 75.3 Å². The van der Waals surface area contributed by atoms with Gasteiger partial charge < -0.3 is 9.64 Å². The maximum absolute atomic E-state index is 6.05. The number of benzene rings is 2. The lowest BCUT2D eigenvalue weighted by atomic mass is 9.98. The predicted octanol–water partition coefficient (Wildman–Crippen LogP) is 3.83. The summed E-state index contributed by atoms with van der Waals surface area (Å²) in [6.07, 6.45) is 0.922. The van der Waals surface area contributed by atoms with Gasteiger partial charge in [0.2, 0.25) is 0 Å².